The molecule has 0 saturated heterocycles. The molecule has 3 heterocycles. The van der Waals surface area contributed by atoms with Gasteiger partial charge in [-0.2, -0.15) is 9.61 Å². The minimum absolute atomic E-state index is 0.0835. The Labute approximate surface area is 156 Å². The lowest BCUT2D eigenvalue weighted by atomic mass is 10.2. The van der Waals surface area contributed by atoms with Crippen LogP contribution in [-0.2, 0) is 4.79 Å². The number of aromatic nitrogens is 5. The molecule has 0 radical (unpaired) electrons. The predicted octanol–water partition coefficient (Wildman–Crippen LogP) is 2.92. The van der Waals surface area contributed by atoms with Crippen LogP contribution in [0, 0.1) is 0 Å². The third-order valence-corrected chi connectivity index (χ3v) is 4.82. The molecular weight excluding hydrogens is 348 g/mol. The first-order valence-corrected chi connectivity index (χ1v) is 9.52. The molecule has 136 valence electrons. The predicted molar refractivity (Wildman–Crippen MR) is 102 cm³/mol. The first-order chi connectivity index (χ1) is 12.5. The van der Waals surface area contributed by atoms with Gasteiger partial charge in [-0.05, 0) is 52.0 Å². The second kappa shape index (κ2) is 7.82. The monoisotopic (exact) mass is 370 g/mol. The van der Waals surface area contributed by atoms with E-state index in [-0.39, 0.29) is 18.0 Å². The van der Waals surface area contributed by atoms with Crippen molar-refractivity contribution in [2.45, 2.75) is 44.9 Å². The number of carbonyl (C=O) groups is 1. The number of amides is 1. The van der Waals surface area contributed by atoms with Gasteiger partial charge in [-0.25, -0.2) is 0 Å². The molecule has 26 heavy (non-hydrogen) atoms. The van der Waals surface area contributed by atoms with E-state index in [0.29, 0.717) is 16.6 Å². The Balaban J connectivity index is 1.81. The minimum atomic E-state index is 0.0835. The van der Waals surface area contributed by atoms with Crippen molar-refractivity contribution >= 4 is 23.3 Å². The molecule has 0 bridgehead atoms. The molecule has 1 amide bonds. The molecule has 0 aromatic carbocycles. The summed E-state index contributed by atoms with van der Waals surface area (Å²) in [6.07, 6.45) is 3.49. The van der Waals surface area contributed by atoms with Crippen LogP contribution in [0.5, 0.6) is 0 Å². The van der Waals surface area contributed by atoms with Crippen molar-refractivity contribution < 1.29 is 4.79 Å². The van der Waals surface area contributed by atoms with Crippen molar-refractivity contribution in [2.75, 3.05) is 5.75 Å². The first-order valence-electron chi connectivity index (χ1n) is 8.54. The highest BCUT2D eigenvalue weighted by molar-refractivity contribution is 7.99. The molecule has 0 unspecified atom stereocenters. The van der Waals surface area contributed by atoms with Crippen LogP contribution in [0.1, 0.15) is 27.7 Å². The molecule has 0 aliphatic carbocycles. The average molecular weight is 370 g/mol. The van der Waals surface area contributed by atoms with Crippen LogP contribution in [0.15, 0.2) is 41.8 Å². The van der Waals surface area contributed by atoms with Gasteiger partial charge in [0.15, 0.2) is 5.65 Å². The Hall–Kier alpha value is -2.48. The summed E-state index contributed by atoms with van der Waals surface area (Å²) >= 11 is 1.35. The molecule has 0 aliphatic rings. The molecule has 0 spiro atoms. The Bertz CT molecular complexity index is 885. The fraction of sp³-hybridized carbons (Fsp3) is 0.389. The molecular formula is C18H22N6OS. The highest BCUT2D eigenvalue weighted by Crippen LogP contribution is 2.21. The number of fused-ring (bicyclic) bond motifs is 1. The number of hydrogen-bond acceptors (Lipinski definition) is 6. The Morgan fingerprint density at radius 2 is 1.92 bits per heavy atom. The highest BCUT2D eigenvalue weighted by atomic mass is 32.2. The molecule has 0 saturated carbocycles. The summed E-state index contributed by atoms with van der Waals surface area (Å²) in [5.41, 5.74) is 2.35. The van der Waals surface area contributed by atoms with Crippen LogP contribution in [0.4, 0.5) is 0 Å². The van der Waals surface area contributed by atoms with E-state index in [4.69, 9.17) is 0 Å². The Morgan fingerprint density at radius 1 is 1.15 bits per heavy atom. The van der Waals surface area contributed by atoms with Crippen LogP contribution >= 0.6 is 11.8 Å². The summed E-state index contributed by atoms with van der Waals surface area (Å²) < 4.78 is 1.68. The third-order valence-electron chi connectivity index (χ3n) is 3.92. The molecule has 0 fully saturated rings. The molecule has 0 N–H and O–H groups in total. The van der Waals surface area contributed by atoms with Gasteiger partial charge in [0, 0.05) is 30.0 Å². The fourth-order valence-corrected chi connectivity index (χ4v) is 3.66. The fourth-order valence-electron chi connectivity index (χ4n) is 2.90. The number of hydrogen-bond donors (Lipinski definition) is 0. The summed E-state index contributed by atoms with van der Waals surface area (Å²) in [5, 5.41) is 13.5. The average Bonchev–Trinajstić information content (AvgIpc) is 3.02. The number of rotatable bonds is 6. The maximum atomic E-state index is 12.6. The largest absolute Gasteiger partial charge is 0.337 e. The normalized spacial score (nSPS) is 11.5. The molecule has 3 aromatic heterocycles. The zero-order valence-corrected chi connectivity index (χ0v) is 16.1. The summed E-state index contributed by atoms with van der Waals surface area (Å²) in [6.45, 7) is 8.10. The van der Waals surface area contributed by atoms with Gasteiger partial charge in [0.25, 0.3) is 0 Å². The zero-order chi connectivity index (χ0) is 18.7. The Kier molecular flexibility index (Phi) is 5.51. The minimum Gasteiger partial charge on any atom is -0.337 e. The quantitative estimate of drug-likeness (QED) is 0.621. The smallest absolute Gasteiger partial charge is 0.233 e. The van der Waals surface area contributed by atoms with E-state index in [2.05, 4.69) is 20.3 Å². The summed E-state index contributed by atoms with van der Waals surface area (Å²) in [6, 6.07) is 7.89. The first kappa shape index (κ1) is 18.3. The van der Waals surface area contributed by atoms with E-state index in [1.807, 2.05) is 56.9 Å². The van der Waals surface area contributed by atoms with Gasteiger partial charge in [0.2, 0.25) is 11.1 Å². The lowest BCUT2D eigenvalue weighted by Crippen LogP contribution is -2.43. The van der Waals surface area contributed by atoms with Gasteiger partial charge in [0.1, 0.15) is 0 Å². The van der Waals surface area contributed by atoms with Crippen LogP contribution in [0.25, 0.3) is 16.9 Å². The molecule has 0 atom stereocenters. The van der Waals surface area contributed by atoms with Gasteiger partial charge in [-0.3, -0.25) is 9.78 Å². The Morgan fingerprint density at radius 3 is 2.58 bits per heavy atom. The van der Waals surface area contributed by atoms with Crippen LogP contribution < -0.4 is 0 Å². The van der Waals surface area contributed by atoms with E-state index in [1.54, 1.807) is 16.9 Å². The maximum Gasteiger partial charge on any atom is 0.233 e. The van der Waals surface area contributed by atoms with Gasteiger partial charge < -0.3 is 4.90 Å². The van der Waals surface area contributed by atoms with Crippen molar-refractivity contribution in [2.24, 2.45) is 0 Å². The van der Waals surface area contributed by atoms with Crippen molar-refractivity contribution in [1.29, 1.82) is 0 Å². The van der Waals surface area contributed by atoms with Crippen molar-refractivity contribution in [3.63, 3.8) is 0 Å². The van der Waals surface area contributed by atoms with E-state index in [1.165, 1.54) is 11.8 Å². The summed E-state index contributed by atoms with van der Waals surface area (Å²) in [4.78, 5) is 18.6. The van der Waals surface area contributed by atoms with E-state index >= 15 is 0 Å². The molecule has 3 rings (SSSR count). The van der Waals surface area contributed by atoms with Gasteiger partial charge in [0.05, 0.1) is 11.4 Å². The van der Waals surface area contributed by atoms with E-state index in [0.717, 1.165) is 11.3 Å². The zero-order valence-electron chi connectivity index (χ0n) is 15.3. The summed E-state index contributed by atoms with van der Waals surface area (Å²) in [5.74, 6) is 0.385. The number of nitrogens with zero attached hydrogens (tertiary/aromatic N) is 6. The number of thioether (sulfide) groups is 1. The second-order valence-electron chi connectivity index (χ2n) is 6.49. The lowest BCUT2D eigenvalue weighted by Gasteiger charge is -2.30. The van der Waals surface area contributed by atoms with Crippen molar-refractivity contribution in [1.82, 2.24) is 29.7 Å². The van der Waals surface area contributed by atoms with Crippen molar-refractivity contribution in [3.05, 3.63) is 36.7 Å². The third kappa shape index (κ3) is 3.85. The highest BCUT2D eigenvalue weighted by Gasteiger charge is 2.21. The molecule has 0 aliphatic heterocycles. The number of carbonyl (C=O) groups excluding carboxylic acids is 1. The molecule has 8 heteroatoms. The van der Waals surface area contributed by atoms with Crippen LogP contribution in [-0.4, -0.2) is 53.4 Å². The van der Waals surface area contributed by atoms with E-state index < -0.39 is 0 Å². The van der Waals surface area contributed by atoms with Gasteiger partial charge >= 0.3 is 0 Å². The topological polar surface area (TPSA) is 76.3 Å². The van der Waals surface area contributed by atoms with Gasteiger partial charge in [-0.1, -0.05) is 11.8 Å². The molecule has 3 aromatic rings. The van der Waals surface area contributed by atoms with Crippen LogP contribution in [0.3, 0.4) is 0 Å². The number of pyridine rings is 1. The SMILES string of the molecule is CC(C)N(C(=O)CSc1nnc2ccc(-c3cccnc3)nn12)C(C)C. The maximum absolute atomic E-state index is 12.6. The lowest BCUT2D eigenvalue weighted by molar-refractivity contribution is -0.131. The second-order valence-corrected chi connectivity index (χ2v) is 7.43. The molecule has 7 nitrogen and oxygen atoms in total. The van der Waals surface area contributed by atoms with Gasteiger partial charge in [-0.15, -0.1) is 10.2 Å². The van der Waals surface area contributed by atoms with E-state index in [9.17, 15) is 4.79 Å². The standard InChI is InChI=1S/C18H22N6OS/c1-12(2)23(13(3)4)17(25)11-26-18-21-20-16-8-7-15(22-24(16)18)14-6-5-9-19-10-14/h5-10,12-13H,11H2,1-4H3. The van der Waals surface area contributed by atoms with Crippen LogP contribution in [0.2, 0.25) is 0 Å². The summed E-state index contributed by atoms with van der Waals surface area (Å²) in [7, 11) is 0. The van der Waals surface area contributed by atoms with Crippen molar-refractivity contribution in [3.8, 4) is 11.3 Å².